The van der Waals surface area contributed by atoms with Gasteiger partial charge in [0.2, 0.25) is 0 Å². The van der Waals surface area contributed by atoms with Crippen LogP contribution in [0.1, 0.15) is 23.8 Å². The number of halogens is 1. The molecule has 1 aromatic rings. The van der Waals surface area contributed by atoms with E-state index in [1.54, 1.807) is 10.7 Å². The van der Waals surface area contributed by atoms with Gasteiger partial charge in [-0.25, -0.2) is 4.79 Å². The standard InChI is InChI=1S/C8H11IN2O2/c1-3-4-11-7(9)5-6(10-11)8(12)13-2/h5H,3-4H2,1-2H3. The molecule has 0 atom stereocenters. The van der Waals surface area contributed by atoms with Crippen molar-refractivity contribution in [2.24, 2.45) is 0 Å². The van der Waals surface area contributed by atoms with E-state index < -0.39 is 0 Å². The summed E-state index contributed by atoms with van der Waals surface area (Å²) in [6.07, 6.45) is 0.998. The van der Waals surface area contributed by atoms with Crippen molar-refractivity contribution in [2.75, 3.05) is 7.11 Å². The maximum absolute atomic E-state index is 11.1. The van der Waals surface area contributed by atoms with Gasteiger partial charge in [0.15, 0.2) is 5.69 Å². The molecular formula is C8H11IN2O2. The molecular weight excluding hydrogens is 283 g/mol. The smallest absolute Gasteiger partial charge is 0.358 e. The number of nitrogens with zero attached hydrogens (tertiary/aromatic N) is 2. The van der Waals surface area contributed by atoms with Crippen LogP contribution in [-0.2, 0) is 11.3 Å². The summed E-state index contributed by atoms with van der Waals surface area (Å²) in [4.78, 5) is 11.1. The molecule has 72 valence electrons. The van der Waals surface area contributed by atoms with Gasteiger partial charge in [0.1, 0.15) is 0 Å². The van der Waals surface area contributed by atoms with Crippen LogP contribution in [0.5, 0.6) is 0 Å². The highest BCUT2D eigenvalue weighted by molar-refractivity contribution is 14.1. The molecule has 0 bridgehead atoms. The molecule has 1 rings (SSSR count). The van der Waals surface area contributed by atoms with E-state index in [0.717, 1.165) is 16.7 Å². The molecule has 0 amide bonds. The first kappa shape index (κ1) is 10.5. The first-order valence-corrected chi connectivity index (χ1v) is 5.08. The molecule has 0 saturated carbocycles. The number of rotatable bonds is 3. The zero-order valence-electron chi connectivity index (χ0n) is 7.58. The van der Waals surface area contributed by atoms with Gasteiger partial charge >= 0.3 is 5.97 Å². The van der Waals surface area contributed by atoms with Crippen molar-refractivity contribution < 1.29 is 9.53 Å². The van der Waals surface area contributed by atoms with Crippen molar-refractivity contribution in [2.45, 2.75) is 19.9 Å². The fraction of sp³-hybridized carbons (Fsp3) is 0.500. The van der Waals surface area contributed by atoms with Crippen LogP contribution in [0.25, 0.3) is 0 Å². The summed E-state index contributed by atoms with van der Waals surface area (Å²) in [7, 11) is 1.36. The molecule has 4 nitrogen and oxygen atoms in total. The number of carbonyl (C=O) groups excluding carboxylic acids is 1. The van der Waals surface area contributed by atoms with E-state index in [1.807, 2.05) is 0 Å². The van der Waals surface area contributed by atoms with Gasteiger partial charge in [-0.2, -0.15) is 5.10 Å². The first-order valence-electron chi connectivity index (χ1n) is 4.00. The number of aromatic nitrogens is 2. The third-order valence-electron chi connectivity index (χ3n) is 1.56. The van der Waals surface area contributed by atoms with Crippen LogP contribution in [0.4, 0.5) is 0 Å². The second kappa shape index (κ2) is 4.59. The molecule has 0 N–H and O–H groups in total. The lowest BCUT2D eigenvalue weighted by Crippen LogP contribution is -2.05. The maximum Gasteiger partial charge on any atom is 0.358 e. The van der Waals surface area contributed by atoms with Crippen LogP contribution in [0, 0.1) is 3.70 Å². The number of methoxy groups -OCH3 is 1. The van der Waals surface area contributed by atoms with Crippen LogP contribution >= 0.6 is 22.6 Å². The number of carbonyl (C=O) groups is 1. The highest BCUT2D eigenvalue weighted by Gasteiger charge is 2.12. The summed E-state index contributed by atoms with van der Waals surface area (Å²) in [5.41, 5.74) is 0.375. The Morgan fingerprint density at radius 2 is 2.46 bits per heavy atom. The average molecular weight is 294 g/mol. The van der Waals surface area contributed by atoms with Gasteiger partial charge in [0.05, 0.1) is 10.8 Å². The van der Waals surface area contributed by atoms with E-state index in [4.69, 9.17) is 0 Å². The van der Waals surface area contributed by atoms with Crippen molar-refractivity contribution in [3.8, 4) is 0 Å². The summed E-state index contributed by atoms with van der Waals surface area (Å²) in [5.74, 6) is -0.382. The average Bonchev–Trinajstić information content (AvgIpc) is 2.47. The molecule has 0 aliphatic heterocycles. The topological polar surface area (TPSA) is 44.1 Å². The highest BCUT2D eigenvalue weighted by Crippen LogP contribution is 2.09. The van der Waals surface area contributed by atoms with Crippen molar-refractivity contribution in [3.05, 3.63) is 15.5 Å². The maximum atomic E-state index is 11.1. The van der Waals surface area contributed by atoms with Crippen LogP contribution in [0.3, 0.4) is 0 Å². The third kappa shape index (κ3) is 2.43. The highest BCUT2D eigenvalue weighted by atomic mass is 127. The predicted molar refractivity (Wildman–Crippen MR) is 56.6 cm³/mol. The minimum Gasteiger partial charge on any atom is -0.464 e. The van der Waals surface area contributed by atoms with Gasteiger partial charge in [0, 0.05) is 12.6 Å². The largest absolute Gasteiger partial charge is 0.464 e. The molecule has 1 heterocycles. The van der Waals surface area contributed by atoms with Crippen molar-refractivity contribution >= 4 is 28.6 Å². The zero-order chi connectivity index (χ0) is 9.84. The van der Waals surface area contributed by atoms with Crippen molar-refractivity contribution in [1.82, 2.24) is 9.78 Å². The van der Waals surface area contributed by atoms with Gasteiger partial charge in [-0.3, -0.25) is 4.68 Å². The quantitative estimate of drug-likeness (QED) is 0.629. The van der Waals surface area contributed by atoms with E-state index in [0.29, 0.717) is 5.69 Å². The van der Waals surface area contributed by atoms with Gasteiger partial charge in [-0.15, -0.1) is 0 Å². The van der Waals surface area contributed by atoms with Crippen LogP contribution in [0.2, 0.25) is 0 Å². The second-order valence-electron chi connectivity index (χ2n) is 2.57. The Balaban J connectivity index is 2.88. The van der Waals surface area contributed by atoms with E-state index in [-0.39, 0.29) is 5.97 Å². The lowest BCUT2D eigenvalue weighted by atomic mass is 10.4. The number of aryl methyl sites for hydroxylation is 1. The van der Waals surface area contributed by atoms with Gasteiger partial charge in [-0.1, -0.05) is 6.92 Å². The van der Waals surface area contributed by atoms with Gasteiger partial charge in [0.25, 0.3) is 0 Å². The summed E-state index contributed by atoms with van der Waals surface area (Å²) in [6, 6.07) is 1.72. The summed E-state index contributed by atoms with van der Waals surface area (Å²) in [5, 5.41) is 4.10. The molecule has 0 fully saturated rings. The van der Waals surface area contributed by atoms with Crippen LogP contribution in [0.15, 0.2) is 6.07 Å². The molecule has 5 heteroatoms. The number of hydrogen-bond acceptors (Lipinski definition) is 3. The van der Waals surface area contributed by atoms with Gasteiger partial charge < -0.3 is 4.74 Å². The molecule has 0 aromatic carbocycles. The molecule has 0 spiro atoms. The number of esters is 1. The molecule has 0 aliphatic rings. The third-order valence-corrected chi connectivity index (χ3v) is 2.43. The minimum absolute atomic E-state index is 0.375. The number of ether oxygens (including phenoxy) is 1. The Kier molecular flexibility index (Phi) is 3.71. The lowest BCUT2D eigenvalue weighted by Gasteiger charge is -1.98. The minimum atomic E-state index is -0.382. The molecule has 0 aliphatic carbocycles. The Morgan fingerprint density at radius 3 is 3.00 bits per heavy atom. The van der Waals surface area contributed by atoms with E-state index in [1.165, 1.54) is 7.11 Å². The predicted octanol–water partition coefficient (Wildman–Crippen LogP) is 1.68. The fourth-order valence-electron chi connectivity index (χ4n) is 0.967. The second-order valence-corrected chi connectivity index (χ2v) is 3.67. The van der Waals surface area contributed by atoms with Gasteiger partial charge in [-0.05, 0) is 29.0 Å². The molecule has 13 heavy (non-hydrogen) atoms. The summed E-state index contributed by atoms with van der Waals surface area (Å²) >= 11 is 2.15. The Labute approximate surface area is 90.4 Å². The molecule has 1 aromatic heterocycles. The molecule has 0 radical (unpaired) electrons. The Bertz CT molecular complexity index is 309. The van der Waals surface area contributed by atoms with Crippen molar-refractivity contribution in [1.29, 1.82) is 0 Å². The molecule has 0 unspecified atom stereocenters. The van der Waals surface area contributed by atoms with E-state index >= 15 is 0 Å². The van der Waals surface area contributed by atoms with Crippen LogP contribution in [-0.4, -0.2) is 22.9 Å². The SMILES string of the molecule is CCCn1nc(C(=O)OC)cc1I. The Morgan fingerprint density at radius 1 is 1.77 bits per heavy atom. The number of hydrogen-bond donors (Lipinski definition) is 0. The fourth-order valence-corrected chi connectivity index (χ4v) is 1.61. The van der Waals surface area contributed by atoms with E-state index in [9.17, 15) is 4.79 Å². The first-order chi connectivity index (χ1) is 6.19. The monoisotopic (exact) mass is 294 g/mol. The lowest BCUT2D eigenvalue weighted by molar-refractivity contribution is 0.0593. The zero-order valence-corrected chi connectivity index (χ0v) is 9.74. The Hall–Kier alpha value is -0.590. The van der Waals surface area contributed by atoms with Crippen molar-refractivity contribution in [3.63, 3.8) is 0 Å². The summed E-state index contributed by atoms with van der Waals surface area (Å²) in [6.45, 7) is 2.89. The van der Waals surface area contributed by atoms with E-state index in [2.05, 4.69) is 39.4 Å². The van der Waals surface area contributed by atoms with Crippen LogP contribution < -0.4 is 0 Å². The molecule has 0 saturated heterocycles. The summed E-state index contributed by atoms with van der Waals surface area (Å²) < 4.78 is 7.32. The normalized spacial score (nSPS) is 10.1.